The molecular formula is C18H18N2O3. The fraction of sp³-hybridized carbons (Fsp3) is 0.278. The lowest BCUT2D eigenvalue weighted by Crippen LogP contribution is -2.00. The molecule has 0 spiro atoms. The van der Waals surface area contributed by atoms with Crippen molar-refractivity contribution in [3.8, 4) is 5.75 Å². The minimum atomic E-state index is 0.143. The van der Waals surface area contributed by atoms with Crippen LogP contribution < -0.4 is 4.74 Å². The molecule has 0 aliphatic heterocycles. The molecular weight excluding hydrogens is 292 g/mol. The Balaban J connectivity index is 1.79. The van der Waals surface area contributed by atoms with Gasteiger partial charge in [0.1, 0.15) is 5.75 Å². The first-order chi connectivity index (χ1) is 11.2. The number of carbonyl (C=O) groups excluding carboxylic acids is 1. The van der Waals surface area contributed by atoms with Gasteiger partial charge in [0.15, 0.2) is 18.7 Å². The summed E-state index contributed by atoms with van der Waals surface area (Å²) in [4.78, 5) is 15.7. The number of rotatable bonds is 6. The van der Waals surface area contributed by atoms with Gasteiger partial charge in [-0.1, -0.05) is 49.3 Å². The third kappa shape index (κ3) is 3.39. The van der Waals surface area contributed by atoms with Crippen LogP contribution in [0.15, 0.2) is 40.9 Å². The smallest absolute Gasteiger partial charge is 0.264 e. The van der Waals surface area contributed by atoms with Crippen LogP contribution in [0.3, 0.4) is 0 Å². The average Bonchev–Trinajstić information content (AvgIpc) is 2.98. The molecule has 23 heavy (non-hydrogen) atoms. The van der Waals surface area contributed by atoms with Crippen molar-refractivity contribution in [2.24, 2.45) is 5.92 Å². The number of ether oxygens (including phenoxy) is 1. The molecule has 5 heteroatoms. The van der Waals surface area contributed by atoms with Crippen molar-refractivity contribution in [1.82, 2.24) is 10.1 Å². The Morgan fingerprint density at radius 1 is 1.22 bits per heavy atom. The number of nitrogens with zero attached hydrogens (tertiary/aromatic N) is 2. The van der Waals surface area contributed by atoms with E-state index in [2.05, 4.69) is 24.0 Å². The molecule has 0 unspecified atom stereocenters. The molecule has 0 N–H and O–H groups in total. The Morgan fingerprint density at radius 3 is 2.83 bits per heavy atom. The average molecular weight is 310 g/mol. The lowest BCUT2D eigenvalue weighted by molar-refractivity contribution is 0.111. The monoisotopic (exact) mass is 310 g/mol. The second-order valence-electron chi connectivity index (χ2n) is 5.81. The van der Waals surface area contributed by atoms with Crippen molar-refractivity contribution in [2.45, 2.75) is 26.9 Å². The van der Waals surface area contributed by atoms with Crippen LogP contribution in [0, 0.1) is 5.92 Å². The Hall–Kier alpha value is -2.69. The van der Waals surface area contributed by atoms with Gasteiger partial charge in [-0.25, -0.2) is 0 Å². The summed E-state index contributed by atoms with van der Waals surface area (Å²) < 4.78 is 10.9. The van der Waals surface area contributed by atoms with Gasteiger partial charge >= 0.3 is 0 Å². The predicted octanol–water partition coefficient (Wildman–Crippen LogP) is 3.81. The highest BCUT2D eigenvalue weighted by molar-refractivity contribution is 6.00. The molecule has 1 heterocycles. The molecule has 0 fully saturated rings. The lowest BCUT2D eigenvalue weighted by Gasteiger charge is -2.08. The van der Waals surface area contributed by atoms with Crippen LogP contribution in [0.4, 0.5) is 0 Å². The fourth-order valence-corrected chi connectivity index (χ4v) is 2.46. The van der Waals surface area contributed by atoms with Crippen LogP contribution in [0.2, 0.25) is 0 Å². The summed E-state index contributed by atoms with van der Waals surface area (Å²) in [6.07, 6.45) is 1.58. The number of aromatic nitrogens is 2. The third-order valence-corrected chi connectivity index (χ3v) is 3.50. The van der Waals surface area contributed by atoms with E-state index in [9.17, 15) is 4.79 Å². The van der Waals surface area contributed by atoms with E-state index in [-0.39, 0.29) is 6.61 Å². The number of hydrogen-bond donors (Lipinski definition) is 0. The molecule has 3 rings (SSSR count). The number of hydrogen-bond acceptors (Lipinski definition) is 5. The summed E-state index contributed by atoms with van der Waals surface area (Å²) in [6.45, 7) is 4.33. The van der Waals surface area contributed by atoms with E-state index >= 15 is 0 Å². The quantitative estimate of drug-likeness (QED) is 0.648. The Morgan fingerprint density at radius 2 is 2.04 bits per heavy atom. The topological polar surface area (TPSA) is 65.2 Å². The van der Waals surface area contributed by atoms with E-state index in [1.807, 2.05) is 30.3 Å². The SMILES string of the molecule is CC(C)Cc1noc(COc2ccc3ccccc3c2C=O)n1. The van der Waals surface area contributed by atoms with Crippen LogP contribution in [-0.4, -0.2) is 16.4 Å². The van der Waals surface area contributed by atoms with Crippen LogP contribution in [-0.2, 0) is 13.0 Å². The molecule has 0 radical (unpaired) electrons. The highest BCUT2D eigenvalue weighted by Crippen LogP contribution is 2.27. The molecule has 0 atom stereocenters. The fourth-order valence-electron chi connectivity index (χ4n) is 2.46. The van der Waals surface area contributed by atoms with Gasteiger partial charge in [-0.05, 0) is 22.8 Å². The first kappa shape index (κ1) is 15.2. The van der Waals surface area contributed by atoms with Crippen LogP contribution in [0.25, 0.3) is 10.8 Å². The number of fused-ring (bicyclic) bond motifs is 1. The highest BCUT2D eigenvalue weighted by Gasteiger charge is 2.12. The second-order valence-corrected chi connectivity index (χ2v) is 5.81. The normalized spacial score (nSPS) is 11.1. The van der Waals surface area contributed by atoms with E-state index in [0.717, 1.165) is 23.5 Å². The summed E-state index contributed by atoms with van der Waals surface area (Å²) in [5, 5.41) is 5.79. The zero-order chi connectivity index (χ0) is 16.2. The Bertz CT molecular complexity index is 824. The molecule has 2 aromatic carbocycles. The molecule has 0 bridgehead atoms. The summed E-state index contributed by atoms with van der Waals surface area (Å²) >= 11 is 0. The molecule has 0 aliphatic carbocycles. The highest BCUT2D eigenvalue weighted by atomic mass is 16.5. The van der Waals surface area contributed by atoms with E-state index in [4.69, 9.17) is 9.26 Å². The minimum Gasteiger partial charge on any atom is -0.483 e. The van der Waals surface area contributed by atoms with Gasteiger partial charge in [-0.3, -0.25) is 4.79 Å². The van der Waals surface area contributed by atoms with Crippen LogP contribution in [0.5, 0.6) is 5.75 Å². The van der Waals surface area contributed by atoms with Crippen molar-refractivity contribution in [3.05, 3.63) is 53.7 Å². The standard InChI is InChI=1S/C18H18N2O3/c1-12(2)9-17-19-18(23-20-17)11-22-16-8-7-13-5-3-4-6-14(13)15(16)10-21/h3-8,10,12H,9,11H2,1-2H3. The Labute approximate surface area is 134 Å². The van der Waals surface area contributed by atoms with Gasteiger partial charge in [0.25, 0.3) is 5.89 Å². The van der Waals surface area contributed by atoms with E-state index in [1.54, 1.807) is 6.07 Å². The van der Waals surface area contributed by atoms with Crippen molar-refractivity contribution in [2.75, 3.05) is 0 Å². The minimum absolute atomic E-state index is 0.143. The second kappa shape index (κ2) is 6.60. The van der Waals surface area contributed by atoms with E-state index in [0.29, 0.717) is 28.9 Å². The summed E-state index contributed by atoms with van der Waals surface area (Å²) in [6, 6.07) is 11.4. The molecule has 5 nitrogen and oxygen atoms in total. The summed E-state index contributed by atoms with van der Waals surface area (Å²) in [7, 11) is 0. The number of carbonyl (C=O) groups is 1. The van der Waals surface area contributed by atoms with Gasteiger partial charge < -0.3 is 9.26 Å². The van der Waals surface area contributed by atoms with Crippen molar-refractivity contribution in [3.63, 3.8) is 0 Å². The number of aldehydes is 1. The van der Waals surface area contributed by atoms with Gasteiger partial charge in [0.2, 0.25) is 0 Å². The Kier molecular flexibility index (Phi) is 4.37. The van der Waals surface area contributed by atoms with Crippen LogP contribution in [0.1, 0.15) is 35.9 Å². The molecule has 0 saturated heterocycles. The van der Waals surface area contributed by atoms with Crippen molar-refractivity contribution >= 4 is 17.1 Å². The van der Waals surface area contributed by atoms with Gasteiger partial charge in [0.05, 0.1) is 5.56 Å². The molecule has 118 valence electrons. The maximum atomic E-state index is 11.4. The first-order valence-electron chi connectivity index (χ1n) is 7.58. The van der Waals surface area contributed by atoms with Gasteiger partial charge in [-0.2, -0.15) is 4.98 Å². The maximum absolute atomic E-state index is 11.4. The van der Waals surface area contributed by atoms with Crippen molar-refractivity contribution in [1.29, 1.82) is 0 Å². The molecule has 0 amide bonds. The lowest BCUT2D eigenvalue weighted by atomic mass is 10.0. The third-order valence-electron chi connectivity index (χ3n) is 3.50. The van der Waals surface area contributed by atoms with E-state index in [1.165, 1.54) is 0 Å². The summed E-state index contributed by atoms with van der Waals surface area (Å²) in [5.41, 5.74) is 0.532. The zero-order valence-electron chi connectivity index (χ0n) is 13.2. The predicted molar refractivity (Wildman–Crippen MR) is 86.5 cm³/mol. The number of benzene rings is 2. The van der Waals surface area contributed by atoms with E-state index < -0.39 is 0 Å². The maximum Gasteiger partial charge on any atom is 0.264 e. The summed E-state index contributed by atoms with van der Waals surface area (Å²) in [5.74, 6) is 2.06. The molecule has 3 aromatic rings. The van der Waals surface area contributed by atoms with Crippen LogP contribution >= 0.6 is 0 Å². The molecule has 0 aliphatic rings. The largest absolute Gasteiger partial charge is 0.483 e. The van der Waals surface area contributed by atoms with Crippen molar-refractivity contribution < 1.29 is 14.1 Å². The first-order valence-corrected chi connectivity index (χ1v) is 7.58. The zero-order valence-corrected chi connectivity index (χ0v) is 13.2. The molecule has 1 aromatic heterocycles. The van der Waals surface area contributed by atoms with Gasteiger partial charge in [-0.15, -0.1) is 0 Å². The molecule has 0 saturated carbocycles. The van der Waals surface area contributed by atoms with Gasteiger partial charge in [0, 0.05) is 6.42 Å².